The summed E-state index contributed by atoms with van der Waals surface area (Å²) in [4.78, 5) is 43.0. The van der Waals surface area contributed by atoms with Gasteiger partial charge in [-0.1, -0.05) is 212 Å². The largest absolute Gasteiger partial charge is 0.469 e. The predicted octanol–water partition coefficient (Wildman–Crippen LogP) is 14.6. The first-order valence-electron chi connectivity index (χ1n) is 23.5. The molecule has 0 unspecified atom stereocenters. The van der Waals surface area contributed by atoms with Crippen LogP contribution in [0.2, 0.25) is 0 Å². The third-order valence-electron chi connectivity index (χ3n) is 10.5. The zero-order chi connectivity index (χ0) is 40.3. The fourth-order valence-corrected chi connectivity index (χ4v) is 7.38. The predicted molar refractivity (Wildman–Crippen MR) is 230 cm³/mol. The molecule has 8 nitrogen and oxygen atoms in total. The number of phosphoric ester groups is 1. The normalized spacial score (nSPS) is 12.4. The van der Waals surface area contributed by atoms with Gasteiger partial charge in [-0.05, 0) is 38.5 Å². The van der Waals surface area contributed by atoms with Crippen LogP contribution < -0.4 is 0 Å². The number of rotatable bonds is 44. The molecule has 0 amide bonds. The third-order valence-corrected chi connectivity index (χ3v) is 11.0. The molecule has 0 aliphatic heterocycles. The van der Waals surface area contributed by atoms with Gasteiger partial charge in [0.25, 0.3) is 0 Å². The maximum Gasteiger partial charge on any atom is 0.469 e. The van der Waals surface area contributed by atoms with E-state index in [-0.39, 0.29) is 19.4 Å². The van der Waals surface area contributed by atoms with Gasteiger partial charge in [-0.25, -0.2) is 4.57 Å². The van der Waals surface area contributed by atoms with Crippen LogP contribution in [0.3, 0.4) is 0 Å². The Kier molecular flexibility index (Phi) is 41.5. The third kappa shape index (κ3) is 45.4. The summed E-state index contributed by atoms with van der Waals surface area (Å²) < 4.78 is 26.5. The summed E-state index contributed by atoms with van der Waals surface area (Å²) in [6.45, 7) is 3.71. The van der Waals surface area contributed by atoms with Crippen molar-refractivity contribution in [2.45, 2.75) is 258 Å². The van der Waals surface area contributed by atoms with Gasteiger partial charge in [0.2, 0.25) is 0 Å². The van der Waals surface area contributed by atoms with Crippen molar-refractivity contribution in [2.24, 2.45) is 0 Å². The van der Waals surface area contributed by atoms with Crippen LogP contribution in [0, 0.1) is 0 Å². The van der Waals surface area contributed by atoms with Crippen molar-refractivity contribution in [3.8, 4) is 0 Å². The first-order valence-corrected chi connectivity index (χ1v) is 25.0. The maximum absolute atomic E-state index is 12.4. The van der Waals surface area contributed by atoms with Gasteiger partial charge in [-0.15, -0.1) is 0 Å². The molecule has 0 bridgehead atoms. The Morgan fingerprint density at radius 1 is 0.455 bits per heavy atom. The molecule has 0 aliphatic carbocycles. The Morgan fingerprint density at radius 3 is 1.13 bits per heavy atom. The molecule has 0 aliphatic rings. The Balaban J connectivity index is 3.80. The van der Waals surface area contributed by atoms with E-state index in [4.69, 9.17) is 19.3 Å². The average molecular weight is 801 g/mol. The van der Waals surface area contributed by atoms with Gasteiger partial charge in [0.05, 0.1) is 6.61 Å². The monoisotopic (exact) mass is 801 g/mol. The van der Waals surface area contributed by atoms with E-state index in [1.807, 2.05) is 0 Å². The van der Waals surface area contributed by atoms with Gasteiger partial charge in [0.15, 0.2) is 6.10 Å². The molecule has 0 fully saturated rings. The van der Waals surface area contributed by atoms with E-state index in [1.165, 1.54) is 173 Å². The van der Waals surface area contributed by atoms with Crippen LogP contribution in [-0.4, -0.2) is 41.0 Å². The molecule has 9 heteroatoms. The highest BCUT2D eigenvalue weighted by molar-refractivity contribution is 7.46. The summed E-state index contributed by atoms with van der Waals surface area (Å²) in [5.41, 5.74) is 0. The fourth-order valence-electron chi connectivity index (χ4n) is 7.02. The second kappa shape index (κ2) is 42.4. The quantitative estimate of drug-likeness (QED) is 0.0271. The Bertz CT molecular complexity index is 904. The van der Waals surface area contributed by atoms with E-state index < -0.39 is 32.5 Å². The lowest BCUT2D eigenvalue weighted by molar-refractivity contribution is -0.161. The van der Waals surface area contributed by atoms with Crippen molar-refractivity contribution < 1.29 is 37.9 Å². The molecule has 0 heterocycles. The molecule has 0 spiro atoms. The minimum Gasteiger partial charge on any atom is -0.462 e. The first-order chi connectivity index (χ1) is 26.8. The van der Waals surface area contributed by atoms with Gasteiger partial charge in [-0.3, -0.25) is 14.1 Å². The van der Waals surface area contributed by atoms with Crippen LogP contribution in [0.15, 0.2) is 12.2 Å². The highest BCUT2D eigenvalue weighted by Gasteiger charge is 2.23. The Labute approximate surface area is 339 Å². The second-order valence-corrected chi connectivity index (χ2v) is 17.3. The highest BCUT2D eigenvalue weighted by atomic mass is 31.2. The summed E-state index contributed by atoms with van der Waals surface area (Å²) in [5.74, 6) is -0.875. The van der Waals surface area contributed by atoms with Crippen LogP contribution in [0.5, 0.6) is 0 Å². The summed E-state index contributed by atoms with van der Waals surface area (Å²) >= 11 is 0. The first kappa shape index (κ1) is 53.8. The Morgan fingerprint density at radius 2 is 0.764 bits per heavy atom. The van der Waals surface area contributed by atoms with Crippen molar-refractivity contribution in [3.63, 3.8) is 0 Å². The molecule has 0 aromatic carbocycles. The van der Waals surface area contributed by atoms with Gasteiger partial charge >= 0.3 is 19.8 Å². The van der Waals surface area contributed by atoms with E-state index in [0.29, 0.717) is 6.42 Å². The van der Waals surface area contributed by atoms with Gasteiger partial charge in [0, 0.05) is 12.8 Å². The van der Waals surface area contributed by atoms with Crippen molar-refractivity contribution in [3.05, 3.63) is 12.2 Å². The van der Waals surface area contributed by atoms with E-state index >= 15 is 0 Å². The number of carbonyl (C=O) groups is 2. The molecule has 2 N–H and O–H groups in total. The van der Waals surface area contributed by atoms with Crippen molar-refractivity contribution in [2.75, 3.05) is 13.2 Å². The van der Waals surface area contributed by atoms with E-state index in [9.17, 15) is 14.2 Å². The standard InChI is InChI=1S/C46H89O8P/c1-3-5-7-9-11-13-15-17-19-20-21-22-23-24-25-27-29-31-33-35-37-39-41-46(48)54-44(43-53-55(49,50)51)42-52-45(47)40-38-36-34-32-30-28-26-18-16-14-12-10-8-6-4-2/h14,16,44H,3-13,15,17-43H2,1-2H3,(H2,49,50,51)/b16-14+/t44-/m1/s1. The lowest BCUT2D eigenvalue weighted by Crippen LogP contribution is -2.29. The summed E-state index contributed by atoms with van der Waals surface area (Å²) in [7, 11) is -4.75. The molecule has 326 valence electrons. The minimum atomic E-state index is -4.75. The van der Waals surface area contributed by atoms with Crippen molar-refractivity contribution >= 4 is 19.8 Å². The maximum atomic E-state index is 12.4. The number of ether oxygens (including phenoxy) is 2. The molecule has 0 aromatic heterocycles. The number of carbonyl (C=O) groups excluding carboxylic acids is 2. The number of hydrogen-bond donors (Lipinski definition) is 2. The Hall–Kier alpha value is -1.21. The number of phosphoric acid groups is 1. The fraction of sp³-hybridized carbons (Fsp3) is 0.913. The molecule has 0 saturated heterocycles. The zero-order valence-corrected chi connectivity index (χ0v) is 37.0. The van der Waals surface area contributed by atoms with Gasteiger partial charge in [0.1, 0.15) is 6.61 Å². The molecular weight excluding hydrogens is 711 g/mol. The SMILES string of the molecule is CCCCCC/C=C/CCCCCCCCCC(=O)OC[C@H](COP(=O)(O)O)OC(=O)CCCCCCCCCCCCCCCCCCCCCCCC. The minimum absolute atomic E-state index is 0.218. The van der Waals surface area contributed by atoms with Crippen LogP contribution in [0.1, 0.15) is 251 Å². The number of unbranched alkanes of at least 4 members (excludes halogenated alkanes) is 32. The topological polar surface area (TPSA) is 119 Å². The lowest BCUT2D eigenvalue weighted by atomic mass is 10.0. The molecule has 0 rings (SSSR count). The van der Waals surface area contributed by atoms with E-state index in [2.05, 4.69) is 30.5 Å². The van der Waals surface area contributed by atoms with E-state index in [0.717, 1.165) is 44.9 Å². The van der Waals surface area contributed by atoms with Crippen LogP contribution >= 0.6 is 7.82 Å². The number of hydrogen-bond acceptors (Lipinski definition) is 6. The zero-order valence-electron chi connectivity index (χ0n) is 36.1. The van der Waals surface area contributed by atoms with Crippen LogP contribution in [-0.2, 0) is 28.2 Å². The molecule has 1 atom stereocenters. The van der Waals surface area contributed by atoms with E-state index in [1.54, 1.807) is 0 Å². The lowest BCUT2D eigenvalue weighted by Gasteiger charge is -2.18. The summed E-state index contributed by atoms with van der Waals surface area (Å²) in [6.07, 6.45) is 48.0. The average Bonchev–Trinajstić information content (AvgIpc) is 3.16. The summed E-state index contributed by atoms with van der Waals surface area (Å²) in [6, 6.07) is 0. The smallest absolute Gasteiger partial charge is 0.462 e. The highest BCUT2D eigenvalue weighted by Crippen LogP contribution is 2.36. The molecule has 0 radical (unpaired) electrons. The molecular formula is C46H89O8P. The molecule has 0 saturated carbocycles. The van der Waals surface area contributed by atoms with Crippen LogP contribution in [0.4, 0.5) is 0 Å². The molecule has 55 heavy (non-hydrogen) atoms. The summed E-state index contributed by atoms with van der Waals surface area (Å²) in [5, 5.41) is 0. The van der Waals surface area contributed by atoms with Crippen LogP contribution in [0.25, 0.3) is 0 Å². The van der Waals surface area contributed by atoms with Crippen molar-refractivity contribution in [1.29, 1.82) is 0 Å². The van der Waals surface area contributed by atoms with Crippen molar-refractivity contribution in [1.82, 2.24) is 0 Å². The molecule has 0 aromatic rings. The van der Waals surface area contributed by atoms with Gasteiger partial charge in [-0.2, -0.15) is 0 Å². The second-order valence-electron chi connectivity index (χ2n) is 16.1. The number of esters is 2. The number of allylic oxidation sites excluding steroid dienone is 2. The van der Waals surface area contributed by atoms with Gasteiger partial charge < -0.3 is 19.3 Å².